The van der Waals surface area contributed by atoms with Crippen LogP contribution in [0.2, 0.25) is 5.02 Å². The van der Waals surface area contributed by atoms with Gasteiger partial charge < -0.3 is 4.90 Å². The first kappa shape index (κ1) is 17.5. The first-order chi connectivity index (χ1) is 10.7. The lowest BCUT2D eigenvalue weighted by Crippen LogP contribution is -2.26. The van der Waals surface area contributed by atoms with E-state index in [1.54, 1.807) is 11.9 Å². The van der Waals surface area contributed by atoms with E-state index in [4.69, 9.17) is 11.6 Å². The number of hydrogen-bond donors (Lipinski definition) is 0. The zero-order chi connectivity index (χ0) is 17.2. The Balaban J connectivity index is 2.28. The Kier molecular flexibility index (Phi) is 5.12. The second-order valence-corrected chi connectivity index (χ2v) is 7.90. The average Bonchev–Trinajstić information content (AvgIpc) is 2.48. The summed E-state index contributed by atoms with van der Waals surface area (Å²) in [6, 6.07) is 12.1. The molecule has 0 saturated heterocycles. The smallest absolute Gasteiger partial charge is 0.253 e. The summed E-state index contributed by atoms with van der Waals surface area (Å²) in [5.41, 5.74) is 2.44. The Bertz CT molecular complexity index is 847. The lowest BCUT2D eigenvalue weighted by molar-refractivity contribution is 0.0784. The molecule has 0 bridgehead atoms. The molecule has 1 amide bonds. The molecule has 2 aromatic rings. The standard InChI is InChI=1S/C17H18ClNO3S/c1-12-6-4-5-7-14(12)11-19(2)17(20)13-8-9-15(18)16(10-13)23(3,21)22/h4-10H,11H2,1-3H3. The zero-order valence-electron chi connectivity index (χ0n) is 13.2. The Morgan fingerprint density at radius 2 is 1.83 bits per heavy atom. The molecule has 0 radical (unpaired) electrons. The SMILES string of the molecule is Cc1ccccc1CN(C)C(=O)c1ccc(Cl)c(S(C)(=O)=O)c1. The molecule has 0 spiro atoms. The van der Waals surface area contributed by atoms with Crippen LogP contribution in [0.1, 0.15) is 21.5 Å². The minimum atomic E-state index is -3.48. The molecule has 122 valence electrons. The predicted octanol–water partition coefficient (Wildman–Crippen LogP) is 3.32. The van der Waals surface area contributed by atoms with E-state index < -0.39 is 9.84 Å². The van der Waals surface area contributed by atoms with Gasteiger partial charge in [0.1, 0.15) is 0 Å². The molecular weight excluding hydrogens is 334 g/mol. The van der Waals surface area contributed by atoms with Gasteiger partial charge in [0.05, 0.1) is 9.92 Å². The number of carbonyl (C=O) groups is 1. The second-order valence-electron chi connectivity index (χ2n) is 5.51. The number of halogens is 1. The highest BCUT2D eigenvalue weighted by Gasteiger charge is 2.18. The summed E-state index contributed by atoms with van der Waals surface area (Å²) in [6.07, 6.45) is 1.07. The van der Waals surface area contributed by atoms with Crippen molar-refractivity contribution in [2.45, 2.75) is 18.4 Å². The third kappa shape index (κ3) is 4.12. The van der Waals surface area contributed by atoms with Crippen LogP contribution in [0, 0.1) is 6.92 Å². The first-order valence-electron chi connectivity index (χ1n) is 6.99. The van der Waals surface area contributed by atoms with Crippen molar-refractivity contribution >= 4 is 27.3 Å². The minimum absolute atomic E-state index is 0.0330. The van der Waals surface area contributed by atoms with Gasteiger partial charge in [-0.25, -0.2) is 8.42 Å². The molecule has 0 aliphatic heterocycles. The third-order valence-electron chi connectivity index (χ3n) is 3.59. The van der Waals surface area contributed by atoms with Crippen LogP contribution in [0.15, 0.2) is 47.4 Å². The lowest BCUT2D eigenvalue weighted by Gasteiger charge is -2.19. The van der Waals surface area contributed by atoms with Crippen LogP contribution in [0.5, 0.6) is 0 Å². The van der Waals surface area contributed by atoms with Crippen LogP contribution in [0.4, 0.5) is 0 Å². The fraction of sp³-hybridized carbons (Fsp3) is 0.235. The van der Waals surface area contributed by atoms with Gasteiger partial charge >= 0.3 is 0 Å². The normalized spacial score (nSPS) is 11.3. The van der Waals surface area contributed by atoms with E-state index in [-0.39, 0.29) is 15.8 Å². The highest BCUT2D eigenvalue weighted by Crippen LogP contribution is 2.23. The molecule has 4 nitrogen and oxygen atoms in total. The molecule has 2 rings (SSSR count). The Labute approximate surface area is 141 Å². The molecule has 0 N–H and O–H groups in total. The number of rotatable bonds is 4. The summed E-state index contributed by atoms with van der Waals surface area (Å²) in [7, 11) is -1.80. The fourth-order valence-corrected chi connectivity index (χ4v) is 3.56. The van der Waals surface area contributed by atoms with Crippen LogP contribution < -0.4 is 0 Å². The summed E-state index contributed by atoms with van der Waals surface area (Å²) in [5, 5.41) is 0.116. The van der Waals surface area contributed by atoms with E-state index >= 15 is 0 Å². The molecule has 0 fully saturated rings. The van der Waals surface area contributed by atoms with Crippen LogP contribution in [-0.4, -0.2) is 32.5 Å². The average molecular weight is 352 g/mol. The number of nitrogens with zero attached hydrogens (tertiary/aromatic N) is 1. The maximum Gasteiger partial charge on any atom is 0.253 e. The van der Waals surface area contributed by atoms with Gasteiger partial charge in [-0.1, -0.05) is 35.9 Å². The van der Waals surface area contributed by atoms with Gasteiger partial charge in [0.2, 0.25) is 0 Å². The van der Waals surface area contributed by atoms with Gasteiger partial charge in [-0.2, -0.15) is 0 Å². The van der Waals surface area contributed by atoms with Crippen molar-refractivity contribution < 1.29 is 13.2 Å². The van der Waals surface area contributed by atoms with Gasteiger partial charge in [0.15, 0.2) is 9.84 Å². The van der Waals surface area contributed by atoms with Gasteiger partial charge in [0.25, 0.3) is 5.91 Å². The van der Waals surface area contributed by atoms with E-state index in [0.717, 1.165) is 17.4 Å². The largest absolute Gasteiger partial charge is 0.337 e. The Morgan fingerprint density at radius 3 is 2.43 bits per heavy atom. The number of hydrogen-bond acceptors (Lipinski definition) is 3. The highest BCUT2D eigenvalue weighted by molar-refractivity contribution is 7.90. The molecule has 0 unspecified atom stereocenters. The Morgan fingerprint density at radius 1 is 1.17 bits per heavy atom. The predicted molar refractivity (Wildman–Crippen MR) is 91.5 cm³/mol. The molecule has 6 heteroatoms. The summed E-state index contributed by atoms with van der Waals surface area (Å²) in [5.74, 6) is -0.255. The monoisotopic (exact) mass is 351 g/mol. The van der Waals surface area contributed by atoms with Gasteiger partial charge in [-0.15, -0.1) is 0 Å². The molecule has 0 saturated carbocycles. The van der Waals surface area contributed by atoms with Crippen LogP contribution >= 0.6 is 11.6 Å². The van der Waals surface area contributed by atoms with Crippen molar-refractivity contribution in [3.63, 3.8) is 0 Å². The van der Waals surface area contributed by atoms with E-state index in [1.165, 1.54) is 18.2 Å². The molecule has 0 heterocycles. The number of sulfone groups is 1. The summed E-state index contributed by atoms with van der Waals surface area (Å²) in [4.78, 5) is 14.1. The fourth-order valence-electron chi connectivity index (χ4n) is 2.26. The topological polar surface area (TPSA) is 54.5 Å². The van der Waals surface area contributed by atoms with Crippen molar-refractivity contribution in [1.82, 2.24) is 4.90 Å². The molecule has 0 aliphatic carbocycles. The first-order valence-corrected chi connectivity index (χ1v) is 9.26. The third-order valence-corrected chi connectivity index (χ3v) is 5.17. The quantitative estimate of drug-likeness (QED) is 0.849. The van der Waals surface area contributed by atoms with Crippen LogP contribution in [0.3, 0.4) is 0 Å². The summed E-state index contributed by atoms with van der Waals surface area (Å²) < 4.78 is 23.4. The van der Waals surface area contributed by atoms with Crippen molar-refractivity contribution in [3.05, 3.63) is 64.2 Å². The minimum Gasteiger partial charge on any atom is -0.337 e. The second kappa shape index (κ2) is 6.72. The molecule has 0 aromatic heterocycles. The highest BCUT2D eigenvalue weighted by atomic mass is 35.5. The number of carbonyl (C=O) groups excluding carboxylic acids is 1. The van der Waals surface area contributed by atoms with Crippen molar-refractivity contribution in [1.29, 1.82) is 0 Å². The molecular formula is C17H18ClNO3S. The maximum absolute atomic E-state index is 12.5. The van der Waals surface area contributed by atoms with E-state index in [1.807, 2.05) is 31.2 Å². The molecule has 0 aliphatic rings. The molecule has 2 aromatic carbocycles. The summed E-state index contributed by atoms with van der Waals surface area (Å²) >= 11 is 5.91. The van der Waals surface area contributed by atoms with Gasteiger partial charge in [-0.3, -0.25) is 4.79 Å². The number of benzene rings is 2. The Hall–Kier alpha value is -1.85. The summed E-state index contributed by atoms with van der Waals surface area (Å²) in [6.45, 7) is 2.43. The number of amides is 1. The lowest BCUT2D eigenvalue weighted by atomic mass is 10.1. The number of aryl methyl sites for hydroxylation is 1. The maximum atomic E-state index is 12.5. The molecule has 23 heavy (non-hydrogen) atoms. The van der Waals surface area contributed by atoms with E-state index in [0.29, 0.717) is 12.1 Å². The van der Waals surface area contributed by atoms with Gasteiger partial charge in [-0.05, 0) is 36.2 Å². The van der Waals surface area contributed by atoms with Crippen molar-refractivity contribution in [2.75, 3.05) is 13.3 Å². The van der Waals surface area contributed by atoms with Crippen LogP contribution in [-0.2, 0) is 16.4 Å². The van der Waals surface area contributed by atoms with E-state index in [9.17, 15) is 13.2 Å². The van der Waals surface area contributed by atoms with Crippen molar-refractivity contribution in [3.8, 4) is 0 Å². The van der Waals surface area contributed by atoms with E-state index in [2.05, 4.69) is 0 Å². The van der Waals surface area contributed by atoms with Gasteiger partial charge in [0, 0.05) is 25.4 Å². The zero-order valence-corrected chi connectivity index (χ0v) is 14.8. The molecule has 0 atom stereocenters. The van der Waals surface area contributed by atoms with Crippen molar-refractivity contribution in [2.24, 2.45) is 0 Å². The van der Waals surface area contributed by atoms with Crippen LogP contribution in [0.25, 0.3) is 0 Å².